The van der Waals surface area contributed by atoms with E-state index in [0.29, 0.717) is 5.82 Å². The molecule has 8 heteroatoms. The standard InChI is InChI=1S/C18H22N6OS/c1-3-22-7-9-23(10-8-22)18(25)15-20-16-14-12-5-4-6-13(12)26-17(14)19-11(2)24(16)21-15/h3-10H2,1-2H3/p+1. The number of aryl methyl sites for hydroxylation is 3. The number of hydrogen-bond donors (Lipinski definition) is 1. The number of carbonyl (C=O) groups excluding carboxylic acids is 1. The highest BCUT2D eigenvalue weighted by Gasteiger charge is 2.28. The molecule has 1 fully saturated rings. The zero-order chi connectivity index (χ0) is 17.8. The van der Waals surface area contributed by atoms with Crippen LogP contribution in [0.4, 0.5) is 0 Å². The van der Waals surface area contributed by atoms with E-state index in [1.165, 1.54) is 16.9 Å². The third-order valence-electron chi connectivity index (χ3n) is 5.75. The Bertz CT molecular complexity index is 1010. The lowest BCUT2D eigenvalue weighted by atomic mass is 10.2. The third-order valence-corrected chi connectivity index (χ3v) is 6.94. The van der Waals surface area contributed by atoms with Gasteiger partial charge in [0.1, 0.15) is 10.7 Å². The van der Waals surface area contributed by atoms with Crippen LogP contribution in [0.25, 0.3) is 15.9 Å². The summed E-state index contributed by atoms with van der Waals surface area (Å²) in [6.07, 6.45) is 3.40. The Morgan fingerprint density at radius 3 is 2.81 bits per heavy atom. The molecule has 3 aromatic rings. The molecule has 5 rings (SSSR count). The van der Waals surface area contributed by atoms with E-state index in [1.54, 1.807) is 20.8 Å². The average molecular weight is 371 g/mol. The monoisotopic (exact) mass is 371 g/mol. The number of fused-ring (bicyclic) bond motifs is 5. The van der Waals surface area contributed by atoms with Crippen molar-refractivity contribution in [2.24, 2.45) is 0 Å². The van der Waals surface area contributed by atoms with Crippen LogP contribution in [0.2, 0.25) is 0 Å². The lowest BCUT2D eigenvalue weighted by Crippen LogP contribution is -3.14. The average Bonchev–Trinajstić information content (AvgIpc) is 3.35. The van der Waals surface area contributed by atoms with Gasteiger partial charge in [-0.15, -0.1) is 16.4 Å². The van der Waals surface area contributed by atoms with Gasteiger partial charge in [0.2, 0.25) is 5.82 Å². The maximum Gasteiger partial charge on any atom is 0.293 e. The lowest BCUT2D eigenvalue weighted by Gasteiger charge is -2.30. The summed E-state index contributed by atoms with van der Waals surface area (Å²) in [5, 5.41) is 5.64. The normalized spacial score (nSPS) is 18.2. The maximum atomic E-state index is 12.9. The quantitative estimate of drug-likeness (QED) is 0.712. The molecule has 26 heavy (non-hydrogen) atoms. The Hall–Kier alpha value is -2.06. The van der Waals surface area contributed by atoms with E-state index < -0.39 is 0 Å². The molecule has 1 saturated heterocycles. The minimum absolute atomic E-state index is 0.0525. The van der Waals surface area contributed by atoms with Gasteiger partial charge in [0, 0.05) is 4.88 Å². The van der Waals surface area contributed by atoms with Crippen molar-refractivity contribution in [2.75, 3.05) is 32.7 Å². The fourth-order valence-corrected chi connectivity index (χ4v) is 5.51. The summed E-state index contributed by atoms with van der Waals surface area (Å²) in [5.41, 5.74) is 2.17. The van der Waals surface area contributed by atoms with Gasteiger partial charge in [-0.2, -0.15) is 4.52 Å². The molecule has 4 heterocycles. The minimum atomic E-state index is -0.0525. The van der Waals surface area contributed by atoms with Crippen LogP contribution in [0.15, 0.2) is 0 Å². The van der Waals surface area contributed by atoms with Gasteiger partial charge in [-0.05, 0) is 38.7 Å². The molecule has 0 unspecified atom stereocenters. The summed E-state index contributed by atoms with van der Waals surface area (Å²) in [5.74, 6) is 1.04. The SMILES string of the molecule is CC[NH+]1CCN(C(=O)c2nc3c4c5c(sc4nc(C)n3n2)CCC5)CC1. The van der Waals surface area contributed by atoms with Gasteiger partial charge in [-0.3, -0.25) is 4.79 Å². The molecule has 2 aliphatic rings. The second kappa shape index (κ2) is 5.99. The zero-order valence-corrected chi connectivity index (χ0v) is 16.0. The maximum absolute atomic E-state index is 12.9. The predicted molar refractivity (Wildman–Crippen MR) is 100 cm³/mol. The molecular weight excluding hydrogens is 348 g/mol. The number of nitrogens with one attached hydrogen (secondary N) is 1. The van der Waals surface area contributed by atoms with E-state index in [2.05, 4.69) is 17.0 Å². The van der Waals surface area contributed by atoms with Crippen molar-refractivity contribution in [2.45, 2.75) is 33.1 Å². The second-order valence-electron chi connectivity index (χ2n) is 7.26. The molecule has 0 aromatic carbocycles. The number of carbonyl (C=O) groups is 1. The molecule has 1 amide bonds. The van der Waals surface area contributed by atoms with Crippen molar-refractivity contribution in [3.05, 3.63) is 22.1 Å². The van der Waals surface area contributed by atoms with Gasteiger partial charge >= 0.3 is 0 Å². The van der Waals surface area contributed by atoms with Gasteiger partial charge in [0.05, 0.1) is 38.1 Å². The van der Waals surface area contributed by atoms with E-state index in [-0.39, 0.29) is 5.91 Å². The molecule has 0 saturated carbocycles. The number of likely N-dealkylation sites (N-methyl/N-ethyl adjacent to an activating group) is 1. The fourth-order valence-electron chi connectivity index (χ4n) is 4.20. The van der Waals surface area contributed by atoms with Gasteiger partial charge < -0.3 is 9.80 Å². The minimum Gasteiger partial charge on any atom is -0.332 e. The number of rotatable bonds is 2. The first-order valence-corrected chi connectivity index (χ1v) is 10.3. The summed E-state index contributed by atoms with van der Waals surface area (Å²) < 4.78 is 1.76. The van der Waals surface area contributed by atoms with Crippen molar-refractivity contribution in [1.29, 1.82) is 0 Å². The van der Waals surface area contributed by atoms with Crippen LogP contribution in [0, 0.1) is 6.92 Å². The number of nitrogens with zero attached hydrogens (tertiary/aromatic N) is 5. The van der Waals surface area contributed by atoms with E-state index in [4.69, 9.17) is 4.98 Å². The van der Waals surface area contributed by atoms with Crippen LogP contribution in [0.3, 0.4) is 0 Å². The first-order chi connectivity index (χ1) is 12.7. The fraction of sp³-hybridized carbons (Fsp3) is 0.556. The number of amides is 1. The Labute approximate surface area is 155 Å². The van der Waals surface area contributed by atoms with Crippen molar-refractivity contribution in [3.8, 4) is 0 Å². The van der Waals surface area contributed by atoms with Crippen LogP contribution in [-0.4, -0.2) is 63.1 Å². The molecule has 3 aromatic heterocycles. The number of quaternary nitrogens is 1. The molecule has 136 valence electrons. The Kier molecular flexibility index (Phi) is 3.72. The molecule has 1 N–H and O–H groups in total. The largest absolute Gasteiger partial charge is 0.332 e. The van der Waals surface area contributed by atoms with Gasteiger partial charge in [0.25, 0.3) is 5.91 Å². The van der Waals surface area contributed by atoms with Gasteiger partial charge in [-0.25, -0.2) is 9.97 Å². The van der Waals surface area contributed by atoms with Crippen LogP contribution >= 0.6 is 11.3 Å². The Balaban J connectivity index is 1.56. The molecule has 0 spiro atoms. The number of thiophene rings is 1. The molecule has 0 bridgehead atoms. The van der Waals surface area contributed by atoms with E-state index in [0.717, 1.165) is 67.3 Å². The summed E-state index contributed by atoms with van der Waals surface area (Å²) in [6, 6.07) is 0. The molecule has 0 atom stereocenters. The van der Waals surface area contributed by atoms with E-state index in [1.807, 2.05) is 11.8 Å². The third kappa shape index (κ3) is 2.35. The van der Waals surface area contributed by atoms with Gasteiger partial charge in [0.15, 0.2) is 5.65 Å². The lowest BCUT2D eigenvalue weighted by molar-refractivity contribution is -0.902. The van der Waals surface area contributed by atoms with Crippen molar-refractivity contribution >= 4 is 33.1 Å². The summed E-state index contributed by atoms with van der Waals surface area (Å²) in [6.45, 7) is 8.79. The van der Waals surface area contributed by atoms with E-state index >= 15 is 0 Å². The molecule has 7 nitrogen and oxygen atoms in total. The number of aromatic nitrogens is 4. The molecular formula is C18H23N6OS+. The number of hydrogen-bond acceptors (Lipinski definition) is 5. The van der Waals surface area contributed by atoms with Crippen LogP contribution in [-0.2, 0) is 12.8 Å². The zero-order valence-electron chi connectivity index (χ0n) is 15.2. The first-order valence-electron chi connectivity index (χ1n) is 9.46. The Morgan fingerprint density at radius 2 is 2.04 bits per heavy atom. The summed E-state index contributed by atoms with van der Waals surface area (Å²) in [4.78, 5) is 28.3. The molecule has 1 aliphatic heterocycles. The van der Waals surface area contributed by atoms with E-state index in [9.17, 15) is 4.79 Å². The highest BCUT2D eigenvalue weighted by atomic mass is 32.1. The van der Waals surface area contributed by atoms with Crippen LogP contribution in [0.5, 0.6) is 0 Å². The highest BCUT2D eigenvalue weighted by Crippen LogP contribution is 2.38. The van der Waals surface area contributed by atoms with Crippen LogP contribution < -0.4 is 4.90 Å². The van der Waals surface area contributed by atoms with Crippen molar-refractivity contribution in [3.63, 3.8) is 0 Å². The topological polar surface area (TPSA) is 67.8 Å². The second-order valence-corrected chi connectivity index (χ2v) is 8.35. The predicted octanol–water partition coefficient (Wildman–Crippen LogP) is 0.497. The summed E-state index contributed by atoms with van der Waals surface area (Å²) >= 11 is 1.77. The smallest absolute Gasteiger partial charge is 0.293 e. The van der Waals surface area contributed by atoms with Crippen LogP contribution in [0.1, 0.15) is 40.2 Å². The van der Waals surface area contributed by atoms with Crippen molar-refractivity contribution < 1.29 is 9.69 Å². The number of piperazine rings is 1. The first kappa shape index (κ1) is 16.1. The van der Waals surface area contributed by atoms with Gasteiger partial charge in [-0.1, -0.05) is 0 Å². The highest BCUT2D eigenvalue weighted by molar-refractivity contribution is 7.19. The Morgan fingerprint density at radius 1 is 1.23 bits per heavy atom. The molecule has 1 aliphatic carbocycles. The molecule has 0 radical (unpaired) electrons. The summed E-state index contributed by atoms with van der Waals surface area (Å²) in [7, 11) is 0. The van der Waals surface area contributed by atoms with Crippen molar-refractivity contribution in [1.82, 2.24) is 24.5 Å².